The Balaban J connectivity index is 1.43. The summed E-state index contributed by atoms with van der Waals surface area (Å²) in [6.07, 6.45) is 8.23. The zero-order valence-corrected chi connectivity index (χ0v) is 14.7. The van der Waals surface area contributed by atoms with Crippen molar-refractivity contribution in [2.45, 2.75) is 19.4 Å². The van der Waals surface area contributed by atoms with E-state index in [0.717, 1.165) is 39.9 Å². The standard InChI is InChI=1S/C20H20N4O2/c1-13(14-7-8-21-20(10-14)25-2)23-19-6-5-17(12-26-19)15-3-4-16-11-22-24-18(16)9-15/h3-4,6-13,23H,5H2,1-2H3,(H,22,24)/t13-/m0/s1. The fraction of sp³-hybridized carbons (Fsp3) is 0.200. The Hall–Kier alpha value is -3.28. The molecule has 0 saturated carbocycles. The normalized spacial score (nSPS) is 15.0. The molecule has 4 rings (SSSR count). The van der Waals surface area contributed by atoms with E-state index in [4.69, 9.17) is 9.47 Å². The van der Waals surface area contributed by atoms with E-state index in [2.05, 4.69) is 51.7 Å². The summed E-state index contributed by atoms with van der Waals surface area (Å²) in [4.78, 5) is 4.14. The van der Waals surface area contributed by atoms with Gasteiger partial charge in [-0.1, -0.05) is 12.1 Å². The van der Waals surface area contributed by atoms with E-state index in [1.165, 1.54) is 0 Å². The topological polar surface area (TPSA) is 72.1 Å². The lowest BCUT2D eigenvalue weighted by molar-refractivity contribution is 0.295. The van der Waals surface area contributed by atoms with Crippen molar-refractivity contribution >= 4 is 16.5 Å². The summed E-state index contributed by atoms with van der Waals surface area (Å²) in [5.74, 6) is 1.35. The number of benzene rings is 1. The minimum atomic E-state index is 0.0782. The van der Waals surface area contributed by atoms with Crippen LogP contribution in [0.15, 0.2) is 60.9 Å². The third-order valence-electron chi connectivity index (χ3n) is 4.48. The number of methoxy groups -OCH3 is 1. The molecule has 0 radical (unpaired) electrons. The second-order valence-electron chi connectivity index (χ2n) is 6.20. The molecular formula is C20H20N4O2. The monoisotopic (exact) mass is 348 g/mol. The van der Waals surface area contributed by atoms with Crippen LogP contribution in [0, 0.1) is 0 Å². The minimum Gasteiger partial charge on any atom is -0.481 e. The molecule has 3 aromatic rings. The summed E-state index contributed by atoms with van der Waals surface area (Å²) in [6.45, 7) is 2.07. The molecule has 2 N–H and O–H groups in total. The Kier molecular flexibility index (Phi) is 4.31. The molecule has 132 valence electrons. The van der Waals surface area contributed by atoms with Crippen molar-refractivity contribution < 1.29 is 9.47 Å². The number of hydrogen-bond acceptors (Lipinski definition) is 5. The van der Waals surface area contributed by atoms with Gasteiger partial charge in [0.25, 0.3) is 0 Å². The number of aromatic amines is 1. The largest absolute Gasteiger partial charge is 0.481 e. The molecule has 0 unspecified atom stereocenters. The second-order valence-corrected chi connectivity index (χ2v) is 6.20. The lowest BCUT2D eigenvalue weighted by Crippen LogP contribution is -2.20. The Morgan fingerprint density at radius 1 is 1.27 bits per heavy atom. The first-order valence-corrected chi connectivity index (χ1v) is 8.49. The number of nitrogens with one attached hydrogen (secondary N) is 2. The van der Waals surface area contributed by atoms with E-state index in [0.29, 0.717) is 5.88 Å². The molecule has 1 aromatic carbocycles. The molecule has 26 heavy (non-hydrogen) atoms. The van der Waals surface area contributed by atoms with Gasteiger partial charge in [-0.3, -0.25) is 5.10 Å². The van der Waals surface area contributed by atoms with Crippen LogP contribution in [0.3, 0.4) is 0 Å². The van der Waals surface area contributed by atoms with Gasteiger partial charge in [0.2, 0.25) is 5.88 Å². The van der Waals surface area contributed by atoms with E-state index in [1.807, 2.05) is 18.3 Å². The fourth-order valence-electron chi connectivity index (χ4n) is 2.95. The quantitative estimate of drug-likeness (QED) is 0.731. The lowest BCUT2D eigenvalue weighted by atomic mass is 10.0. The van der Waals surface area contributed by atoms with Crippen LogP contribution in [0.4, 0.5) is 0 Å². The molecule has 0 saturated heterocycles. The summed E-state index contributed by atoms with van der Waals surface area (Å²) < 4.78 is 11.0. The molecule has 2 aromatic heterocycles. The minimum absolute atomic E-state index is 0.0782. The highest BCUT2D eigenvalue weighted by molar-refractivity contribution is 5.82. The van der Waals surface area contributed by atoms with E-state index >= 15 is 0 Å². The number of H-pyrrole nitrogens is 1. The third-order valence-corrected chi connectivity index (χ3v) is 4.48. The molecular weight excluding hydrogens is 328 g/mol. The van der Waals surface area contributed by atoms with Crippen LogP contribution in [-0.4, -0.2) is 22.3 Å². The van der Waals surface area contributed by atoms with Gasteiger partial charge in [0.05, 0.1) is 31.1 Å². The van der Waals surface area contributed by atoms with Gasteiger partial charge in [0.1, 0.15) is 0 Å². The van der Waals surface area contributed by atoms with Gasteiger partial charge >= 0.3 is 0 Å². The van der Waals surface area contributed by atoms with Gasteiger partial charge in [-0.25, -0.2) is 4.98 Å². The predicted octanol–water partition coefficient (Wildman–Crippen LogP) is 3.92. The summed E-state index contributed by atoms with van der Waals surface area (Å²) in [5, 5.41) is 11.5. The molecule has 3 heterocycles. The molecule has 6 nitrogen and oxygen atoms in total. The maximum absolute atomic E-state index is 5.80. The van der Waals surface area contributed by atoms with E-state index in [1.54, 1.807) is 19.6 Å². The van der Waals surface area contributed by atoms with Gasteiger partial charge in [0, 0.05) is 17.6 Å². The second kappa shape index (κ2) is 6.92. The fourth-order valence-corrected chi connectivity index (χ4v) is 2.95. The molecule has 1 atom stereocenters. The van der Waals surface area contributed by atoms with Gasteiger partial charge in [-0.05, 0) is 48.3 Å². The highest BCUT2D eigenvalue weighted by atomic mass is 16.5. The molecule has 0 bridgehead atoms. The zero-order valence-electron chi connectivity index (χ0n) is 14.7. The van der Waals surface area contributed by atoms with Crippen LogP contribution in [0.2, 0.25) is 0 Å². The zero-order chi connectivity index (χ0) is 17.9. The summed E-state index contributed by atoms with van der Waals surface area (Å²) in [5.41, 5.74) is 4.37. The lowest BCUT2D eigenvalue weighted by Gasteiger charge is -2.21. The molecule has 1 aliphatic heterocycles. The molecule has 0 spiro atoms. The van der Waals surface area contributed by atoms with Crippen molar-refractivity contribution in [3.8, 4) is 5.88 Å². The van der Waals surface area contributed by atoms with Gasteiger partial charge < -0.3 is 14.8 Å². The molecule has 0 aliphatic carbocycles. The number of nitrogens with zero attached hydrogens (tertiary/aromatic N) is 2. The van der Waals surface area contributed by atoms with Crippen molar-refractivity contribution in [2.24, 2.45) is 0 Å². The summed E-state index contributed by atoms with van der Waals surface area (Å²) >= 11 is 0. The van der Waals surface area contributed by atoms with E-state index < -0.39 is 0 Å². The highest BCUT2D eigenvalue weighted by Crippen LogP contribution is 2.27. The van der Waals surface area contributed by atoms with E-state index in [9.17, 15) is 0 Å². The van der Waals surface area contributed by atoms with Crippen molar-refractivity contribution in [1.82, 2.24) is 20.5 Å². The van der Waals surface area contributed by atoms with Crippen molar-refractivity contribution in [3.63, 3.8) is 0 Å². The maximum atomic E-state index is 5.80. The van der Waals surface area contributed by atoms with Crippen LogP contribution >= 0.6 is 0 Å². The number of pyridine rings is 1. The van der Waals surface area contributed by atoms with Crippen molar-refractivity contribution in [2.75, 3.05) is 7.11 Å². The molecule has 0 fully saturated rings. The molecule has 6 heteroatoms. The maximum Gasteiger partial charge on any atom is 0.213 e. The summed E-state index contributed by atoms with van der Waals surface area (Å²) in [7, 11) is 1.61. The van der Waals surface area contributed by atoms with Gasteiger partial charge in [0.15, 0.2) is 5.88 Å². The number of fused-ring (bicyclic) bond motifs is 1. The number of allylic oxidation sites excluding steroid dienone is 2. The average molecular weight is 348 g/mol. The molecule has 1 aliphatic rings. The van der Waals surface area contributed by atoms with Crippen LogP contribution in [0.1, 0.15) is 30.5 Å². The SMILES string of the molecule is COc1cc([C@H](C)NC2=CCC(c3ccc4cn[nH]c4c3)=CO2)ccn1. The van der Waals surface area contributed by atoms with Gasteiger partial charge in [-0.2, -0.15) is 5.10 Å². The first-order chi connectivity index (χ1) is 12.7. The predicted molar refractivity (Wildman–Crippen MR) is 100 cm³/mol. The number of ether oxygens (including phenoxy) is 2. The third kappa shape index (κ3) is 3.26. The first-order valence-electron chi connectivity index (χ1n) is 8.49. The van der Waals surface area contributed by atoms with Crippen LogP contribution < -0.4 is 10.1 Å². The number of rotatable bonds is 5. The van der Waals surface area contributed by atoms with Crippen LogP contribution in [0.5, 0.6) is 5.88 Å². The van der Waals surface area contributed by atoms with Crippen molar-refractivity contribution in [1.29, 1.82) is 0 Å². The van der Waals surface area contributed by atoms with Crippen LogP contribution in [-0.2, 0) is 4.74 Å². The first kappa shape index (κ1) is 16.2. The van der Waals surface area contributed by atoms with Crippen LogP contribution in [0.25, 0.3) is 16.5 Å². The number of hydrogen-bond donors (Lipinski definition) is 2. The smallest absolute Gasteiger partial charge is 0.213 e. The Morgan fingerprint density at radius 2 is 2.19 bits per heavy atom. The summed E-state index contributed by atoms with van der Waals surface area (Å²) in [6, 6.07) is 10.2. The average Bonchev–Trinajstić information content (AvgIpc) is 3.16. The number of aromatic nitrogens is 3. The Morgan fingerprint density at radius 3 is 3.00 bits per heavy atom. The van der Waals surface area contributed by atoms with Crippen molar-refractivity contribution in [3.05, 3.63) is 72.1 Å². The van der Waals surface area contributed by atoms with E-state index in [-0.39, 0.29) is 6.04 Å². The molecule has 0 amide bonds. The van der Waals surface area contributed by atoms with Gasteiger partial charge in [-0.15, -0.1) is 0 Å². The Labute approximate surface area is 151 Å². The highest BCUT2D eigenvalue weighted by Gasteiger charge is 2.13. The Bertz CT molecular complexity index is 990.